The zero-order valence-electron chi connectivity index (χ0n) is 20.6. The summed E-state index contributed by atoms with van der Waals surface area (Å²) >= 11 is 0. The molecule has 1 aliphatic heterocycles. The molecule has 2 aromatic carbocycles. The zero-order chi connectivity index (χ0) is 23.8. The van der Waals surface area contributed by atoms with Crippen LogP contribution in [-0.4, -0.2) is 19.6 Å². The molecular formula is C29H36N2O2. The minimum Gasteiger partial charge on any atom is -0.497 e. The second-order valence-electron chi connectivity index (χ2n) is 8.93. The Hall–Kier alpha value is -3.27. The third-order valence-electron chi connectivity index (χ3n) is 5.91. The highest BCUT2D eigenvalue weighted by Crippen LogP contribution is 2.38. The van der Waals surface area contributed by atoms with E-state index in [-0.39, 0.29) is 5.91 Å². The van der Waals surface area contributed by atoms with E-state index in [1.165, 1.54) is 16.7 Å². The van der Waals surface area contributed by atoms with Crippen molar-refractivity contribution in [2.24, 2.45) is 0 Å². The Morgan fingerprint density at radius 1 is 0.909 bits per heavy atom. The van der Waals surface area contributed by atoms with Gasteiger partial charge in [-0.1, -0.05) is 47.1 Å². The number of carbonyl (C=O) groups excluding carboxylic acids is 1. The summed E-state index contributed by atoms with van der Waals surface area (Å²) in [7, 11) is 1.64. The van der Waals surface area contributed by atoms with Gasteiger partial charge in [-0.05, 0) is 77.6 Å². The Morgan fingerprint density at radius 2 is 1.61 bits per heavy atom. The molecule has 0 atom stereocenters. The number of hydrogen-bond donors (Lipinski definition) is 1. The van der Waals surface area contributed by atoms with Crippen LogP contribution in [0.15, 0.2) is 77.4 Å². The SMILES string of the molecule is COc1ccc2c(c1)N(C/C=C(\C)CC/C=C(\C)CCC=C(C)C)C(=O)c1ccccc1N2. The molecule has 0 radical (unpaired) electrons. The minimum atomic E-state index is -0.0100. The molecule has 1 N–H and O–H groups in total. The maximum atomic E-state index is 13.5. The highest BCUT2D eigenvalue weighted by Gasteiger charge is 2.26. The number of allylic oxidation sites excluding steroid dienone is 5. The number of nitrogens with zero attached hydrogens (tertiary/aromatic N) is 1. The first-order chi connectivity index (χ1) is 15.9. The van der Waals surface area contributed by atoms with Crippen molar-refractivity contribution in [1.29, 1.82) is 0 Å². The molecular weight excluding hydrogens is 408 g/mol. The summed E-state index contributed by atoms with van der Waals surface area (Å²) in [4.78, 5) is 15.3. The Balaban J connectivity index is 1.74. The highest BCUT2D eigenvalue weighted by atomic mass is 16.5. The molecule has 0 saturated heterocycles. The molecule has 0 unspecified atom stereocenters. The van der Waals surface area contributed by atoms with Crippen molar-refractivity contribution in [3.8, 4) is 5.75 Å². The van der Waals surface area contributed by atoms with E-state index in [0.717, 1.165) is 48.5 Å². The van der Waals surface area contributed by atoms with Crippen molar-refractivity contribution in [2.75, 3.05) is 23.9 Å². The third kappa shape index (κ3) is 6.61. The summed E-state index contributed by atoms with van der Waals surface area (Å²) < 4.78 is 5.43. The molecule has 0 bridgehead atoms. The number of para-hydroxylation sites is 1. The van der Waals surface area contributed by atoms with Crippen LogP contribution < -0.4 is 15.0 Å². The number of ether oxygens (including phenoxy) is 1. The fourth-order valence-corrected chi connectivity index (χ4v) is 3.91. The fraction of sp³-hybridized carbons (Fsp3) is 0.345. The predicted octanol–water partition coefficient (Wildman–Crippen LogP) is 7.82. The molecule has 3 rings (SSSR count). The van der Waals surface area contributed by atoms with Crippen LogP contribution in [0.1, 0.15) is 63.7 Å². The van der Waals surface area contributed by atoms with E-state index in [1.807, 2.05) is 47.4 Å². The average molecular weight is 445 g/mol. The molecule has 4 nitrogen and oxygen atoms in total. The first kappa shape index (κ1) is 24.4. The molecule has 1 amide bonds. The van der Waals surface area contributed by atoms with Crippen molar-refractivity contribution >= 4 is 23.0 Å². The summed E-state index contributed by atoms with van der Waals surface area (Å²) in [5.74, 6) is 0.720. The summed E-state index contributed by atoms with van der Waals surface area (Å²) in [6, 6.07) is 13.5. The van der Waals surface area contributed by atoms with E-state index < -0.39 is 0 Å². The van der Waals surface area contributed by atoms with E-state index in [0.29, 0.717) is 12.1 Å². The molecule has 174 valence electrons. The summed E-state index contributed by atoms with van der Waals surface area (Å²) in [6.07, 6.45) is 11.0. The molecule has 1 aliphatic rings. The normalized spacial score (nSPS) is 13.6. The van der Waals surface area contributed by atoms with Gasteiger partial charge in [0.2, 0.25) is 0 Å². The number of rotatable bonds is 9. The fourth-order valence-electron chi connectivity index (χ4n) is 3.91. The predicted molar refractivity (Wildman–Crippen MR) is 140 cm³/mol. The van der Waals surface area contributed by atoms with Crippen LogP contribution in [0.3, 0.4) is 0 Å². The van der Waals surface area contributed by atoms with Gasteiger partial charge in [-0.2, -0.15) is 0 Å². The van der Waals surface area contributed by atoms with Crippen LogP contribution in [0.25, 0.3) is 0 Å². The van der Waals surface area contributed by atoms with Crippen molar-refractivity contribution in [2.45, 2.75) is 53.4 Å². The summed E-state index contributed by atoms with van der Waals surface area (Å²) in [5.41, 5.74) is 7.32. The lowest BCUT2D eigenvalue weighted by atomic mass is 10.1. The Labute approximate surface area is 198 Å². The molecule has 0 fully saturated rings. The largest absolute Gasteiger partial charge is 0.497 e. The van der Waals surface area contributed by atoms with Gasteiger partial charge in [0.15, 0.2) is 0 Å². The van der Waals surface area contributed by atoms with E-state index >= 15 is 0 Å². The number of hydrogen-bond acceptors (Lipinski definition) is 3. The molecule has 1 heterocycles. The molecule has 33 heavy (non-hydrogen) atoms. The topological polar surface area (TPSA) is 41.6 Å². The number of benzene rings is 2. The maximum Gasteiger partial charge on any atom is 0.260 e. The van der Waals surface area contributed by atoms with Gasteiger partial charge in [-0.25, -0.2) is 0 Å². The van der Waals surface area contributed by atoms with Crippen LogP contribution in [0.2, 0.25) is 0 Å². The minimum absolute atomic E-state index is 0.0100. The highest BCUT2D eigenvalue weighted by molar-refractivity contribution is 6.13. The van der Waals surface area contributed by atoms with Gasteiger partial charge < -0.3 is 15.0 Å². The smallest absolute Gasteiger partial charge is 0.260 e. The molecule has 0 spiro atoms. The molecule has 0 aromatic heterocycles. The second kappa shape index (κ2) is 11.6. The van der Waals surface area contributed by atoms with Gasteiger partial charge >= 0.3 is 0 Å². The summed E-state index contributed by atoms with van der Waals surface area (Å²) in [5, 5.41) is 3.42. The van der Waals surface area contributed by atoms with Crippen molar-refractivity contribution in [3.63, 3.8) is 0 Å². The van der Waals surface area contributed by atoms with Crippen LogP contribution in [0.4, 0.5) is 17.1 Å². The first-order valence-electron chi connectivity index (χ1n) is 11.7. The lowest BCUT2D eigenvalue weighted by molar-refractivity contribution is 0.0991. The molecule has 0 saturated carbocycles. The van der Waals surface area contributed by atoms with E-state index in [2.05, 4.69) is 51.2 Å². The van der Waals surface area contributed by atoms with Gasteiger partial charge in [-0.3, -0.25) is 4.79 Å². The molecule has 2 aromatic rings. The van der Waals surface area contributed by atoms with Gasteiger partial charge in [0, 0.05) is 12.6 Å². The van der Waals surface area contributed by atoms with E-state index in [1.54, 1.807) is 7.11 Å². The van der Waals surface area contributed by atoms with Crippen LogP contribution in [0, 0.1) is 0 Å². The monoisotopic (exact) mass is 444 g/mol. The Morgan fingerprint density at radius 3 is 2.33 bits per heavy atom. The zero-order valence-corrected chi connectivity index (χ0v) is 20.6. The van der Waals surface area contributed by atoms with Gasteiger partial charge in [0.25, 0.3) is 5.91 Å². The third-order valence-corrected chi connectivity index (χ3v) is 5.91. The number of anilines is 3. The van der Waals surface area contributed by atoms with Crippen LogP contribution in [0.5, 0.6) is 5.75 Å². The van der Waals surface area contributed by atoms with Crippen molar-refractivity contribution in [3.05, 3.63) is 83.0 Å². The second-order valence-corrected chi connectivity index (χ2v) is 8.93. The standard InChI is InChI=1S/C29H36N2O2/c1-21(2)10-8-11-22(3)12-9-13-23(4)18-19-31-28-20-24(33-5)16-17-27(28)30-26-15-7-6-14-25(26)29(31)32/h6-7,10,12,14-18,20,30H,8-9,11,13,19H2,1-5H3/b22-12+,23-18+. The van der Waals surface area contributed by atoms with Crippen molar-refractivity contribution in [1.82, 2.24) is 0 Å². The maximum absolute atomic E-state index is 13.5. The first-order valence-corrected chi connectivity index (χ1v) is 11.7. The number of carbonyl (C=O) groups is 1. The number of nitrogens with one attached hydrogen (secondary N) is 1. The quantitative estimate of drug-likeness (QED) is 0.401. The lowest BCUT2D eigenvalue weighted by Crippen LogP contribution is -2.30. The van der Waals surface area contributed by atoms with Crippen LogP contribution >= 0.6 is 0 Å². The van der Waals surface area contributed by atoms with E-state index in [4.69, 9.17) is 4.74 Å². The van der Waals surface area contributed by atoms with Crippen LogP contribution in [-0.2, 0) is 0 Å². The molecule has 0 aliphatic carbocycles. The van der Waals surface area contributed by atoms with Gasteiger partial charge in [-0.15, -0.1) is 0 Å². The number of fused-ring (bicyclic) bond motifs is 2. The van der Waals surface area contributed by atoms with Gasteiger partial charge in [0.1, 0.15) is 5.75 Å². The average Bonchev–Trinajstić information content (AvgIpc) is 2.91. The number of amides is 1. The number of methoxy groups -OCH3 is 1. The summed E-state index contributed by atoms with van der Waals surface area (Å²) in [6.45, 7) is 9.16. The van der Waals surface area contributed by atoms with Gasteiger partial charge in [0.05, 0.1) is 29.7 Å². The molecule has 4 heteroatoms. The van der Waals surface area contributed by atoms with E-state index in [9.17, 15) is 4.79 Å². The lowest BCUT2D eigenvalue weighted by Gasteiger charge is -2.22. The van der Waals surface area contributed by atoms with Crippen molar-refractivity contribution < 1.29 is 9.53 Å². The Kier molecular flexibility index (Phi) is 8.53. The Bertz CT molecular complexity index is 1070.